The van der Waals surface area contributed by atoms with Gasteiger partial charge in [-0.2, -0.15) is 5.10 Å². The van der Waals surface area contributed by atoms with Gasteiger partial charge in [0.05, 0.1) is 21.9 Å². The number of hydrogen-bond acceptors (Lipinski definition) is 5. The third-order valence-electron chi connectivity index (χ3n) is 5.13. The number of fused-ring (bicyclic) bond motifs is 2. The molecule has 0 amide bonds. The molecule has 0 unspecified atom stereocenters. The highest BCUT2D eigenvalue weighted by atomic mass is 16.3. The molecule has 1 aliphatic heterocycles. The van der Waals surface area contributed by atoms with E-state index in [1.807, 2.05) is 12.1 Å². The number of anilines is 1. The minimum absolute atomic E-state index is 0.199. The van der Waals surface area contributed by atoms with Crippen LogP contribution in [0, 0.1) is 0 Å². The van der Waals surface area contributed by atoms with Gasteiger partial charge >= 0.3 is 0 Å². The minimum atomic E-state index is 0.199. The maximum absolute atomic E-state index is 10.2. The molecule has 7 nitrogen and oxygen atoms in total. The Morgan fingerprint density at radius 1 is 1.04 bits per heavy atom. The molecule has 1 saturated heterocycles. The predicted molar refractivity (Wildman–Crippen MR) is 103 cm³/mol. The number of nitrogens with one attached hydrogen (secondary N) is 2. The molecule has 7 heteroatoms. The van der Waals surface area contributed by atoms with Gasteiger partial charge in [0.1, 0.15) is 11.4 Å². The quantitative estimate of drug-likeness (QED) is 0.518. The summed E-state index contributed by atoms with van der Waals surface area (Å²) in [4.78, 5) is 12.8. The van der Waals surface area contributed by atoms with Crippen LogP contribution in [-0.4, -0.2) is 63.4 Å². The lowest BCUT2D eigenvalue weighted by molar-refractivity contribution is 0.313. The maximum atomic E-state index is 10.2. The molecule has 2 aromatic carbocycles. The van der Waals surface area contributed by atoms with Gasteiger partial charge in [0, 0.05) is 31.9 Å². The Bertz CT molecular complexity index is 1090. The lowest BCUT2D eigenvalue weighted by atomic mass is 10.2. The van der Waals surface area contributed by atoms with Crippen molar-refractivity contribution >= 4 is 27.6 Å². The first-order chi connectivity index (χ1) is 12.7. The van der Waals surface area contributed by atoms with Gasteiger partial charge in [-0.3, -0.25) is 5.10 Å². The monoisotopic (exact) mass is 348 g/mol. The summed E-state index contributed by atoms with van der Waals surface area (Å²) < 4.78 is 0. The molecule has 0 aliphatic carbocycles. The molecule has 26 heavy (non-hydrogen) atoms. The van der Waals surface area contributed by atoms with E-state index in [4.69, 9.17) is 0 Å². The number of aromatic amines is 2. The topological polar surface area (TPSA) is 84.1 Å². The summed E-state index contributed by atoms with van der Waals surface area (Å²) in [5.74, 6) is 0.855. The standard InChI is InChI=1S/C19H20N6O/c1-24-7-9-25(10-8-24)12-5-6-13-15(11-12)21-19(20-13)18-17-14(22-23-18)3-2-4-16(17)26/h2-6,11,26H,7-10H2,1H3,(H,20,21)(H,22,23). The van der Waals surface area contributed by atoms with Crippen LogP contribution in [0.1, 0.15) is 0 Å². The first-order valence-electron chi connectivity index (χ1n) is 8.79. The highest BCUT2D eigenvalue weighted by Crippen LogP contribution is 2.32. The van der Waals surface area contributed by atoms with E-state index >= 15 is 0 Å². The van der Waals surface area contributed by atoms with Crippen molar-refractivity contribution in [3.05, 3.63) is 36.4 Å². The number of H-pyrrole nitrogens is 2. The van der Waals surface area contributed by atoms with Crippen LogP contribution < -0.4 is 4.90 Å². The van der Waals surface area contributed by atoms with Crippen molar-refractivity contribution in [2.24, 2.45) is 0 Å². The minimum Gasteiger partial charge on any atom is -0.507 e. The van der Waals surface area contributed by atoms with E-state index < -0.39 is 0 Å². The Morgan fingerprint density at radius 3 is 2.73 bits per heavy atom. The number of likely N-dealkylation sites (N-methyl/N-ethyl adjacent to an activating group) is 1. The molecule has 1 fully saturated rings. The zero-order valence-corrected chi connectivity index (χ0v) is 14.5. The fraction of sp³-hybridized carbons (Fsp3) is 0.263. The third kappa shape index (κ3) is 2.40. The van der Waals surface area contributed by atoms with E-state index in [9.17, 15) is 5.11 Å². The van der Waals surface area contributed by atoms with Crippen molar-refractivity contribution < 1.29 is 5.11 Å². The molecule has 3 N–H and O–H groups in total. The molecule has 132 valence electrons. The third-order valence-corrected chi connectivity index (χ3v) is 5.13. The highest BCUT2D eigenvalue weighted by molar-refractivity contribution is 5.97. The summed E-state index contributed by atoms with van der Waals surface area (Å²) in [5.41, 5.74) is 4.50. The number of piperazine rings is 1. The first kappa shape index (κ1) is 15.2. The summed E-state index contributed by atoms with van der Waals surface area (Å²) in [6.45, 7) is 4.21. The Kier molecular flexibility index (Phi) is 3.36. The second-order valence-electron chi connectivity index (χ2n) is 6.85. The van der Waals surface area contributed by atoms with Crippen molar-refractivity contribution in [2.45, 2.75) is 0 Å². The summed E-state index contributed by atoms with van der Waals surface area (Å²) in [6, 6.07) is 11.7. The molecule has 0 saturated carbocycles. The Balaban J connectivity index is 1.55. The highest BCUT2D eigenvalue weighted by Gasteiger charge is 2.17. The van der Waals surface area contributed by atoms with Crippen molar-refractivity contribution in [1.29, 1.82) is 0 Å². The van der Waals surface area contributed by atoms with E-state index in [1.165, 1.54) is 5.69 Å². The van der Waals surface area contributed by atoms with Crippen molar-refractivity contribution in [2.75, 3.05) is 38.1 Å². The number of nitrogens with zero attached hydrogens (tertiary/aromatic N) is 4. The molecule has 1 aliphatic rings. The summed E-state index contributed by atoms with van der Waals surface area (Å²) in [6.07, 6.45) is 0. The van der Waals surface area contributed by atoms with Crippen molar-refractivity contribution in [3.8, 4) is 17.3 Å². The fourth-order valence-corrected chi connectivity index (χ4v) is 3.60. The van der Waals surface area contributed by atoms with E-state index in [0.717, 1.165) is 42.7 Å². The van der Waals surface area contributed by atoms with Crippen LogP contribution in [0.15, 0.2) is 36.4 Å². The van der Waals surface area contributed by atoms with Crippen molar-refractivity contribution in [3.63, 3.8) is 0 Å². The molecule has 0 radical (unpaired) electrons. The Morgan fingerprint density at radius 2 is 1.88 bits per heavy atom. The Labute approximate surface area is 150 Å². The lowest BCUT2D eigenvalue weighted by Crippen LogP contribution is -2.44. The van der Waals surface area contributed by atoms with Gasteiger partial charge in [0.15, 0.2) is 5.82 Å². The molecular weight excluding hydrogens is 328 g/mol. The second kappa shape index (κ2) is 5.74. The van der Waals surface area contributed by atoms with E-state index in [-0.39, 0.29) is 5.75 Å². The van der Waals surface area contributed by atoms with Gasteiger partial charge in [-0.25, -0.2) is 4.98 Å². The van der Waals surface area contributed by atoms with Crippen LogP contribution in [-0.2, 0) is 0 Å². The van der Waals surface area contributed by atoms with Gasteiger partial charge in [-0.05, 0) is 37.4 Å². The summed E-state index contributed by atoms with van der Waals surface area (Å²) in [7, 11) is 2.16. The Hall–Kier alpha value is -3.06. The van der Waals surface area contributed by atoms with Crippen LogP contribution in [0.3, 0.4) is 0 Å². The van der Waals surface area contributed by atoms with Gasteiger partial charge in [0.2, 0.25) is 0 Å². The molecule has 0 atom stereocenters. The van der Waals surface area contributed by atoms with Gasteiger partial charge in [-0.15, -0.1) is 0 Å². The molecule has 0 bridgehead atoms. The normalized spacial score (nSPS) is 16.0. The average Bonchev–Trinajstić information content (AvgIpc) is 3.26. The van der Waals surface area contributed by atoms with Gasteiger partial charge in [0.25, 0.3) is 0 Å². The molecule has 0 spiro atoms. The van der Waals surface area contributed by atoms with E-state index in [2.05, 4.69) is 49.1 Å². The van der Waals surface area contributed by atoms with E-state index in [1.54, 1.807) is 12.1 Å². The number of hydrogen-bond donors (Lipinski definition) is 3. The van der Waals surface area contributed by atoms with Crippen LogP contribution in [0.25, 0.3) is 33.5 Å². The second-order valence-corrected chi connectivity index (χ2v) is 6.85. The molecule has 4 aromatic rings. The maximum Gasteiger partial charge on any atom is 0.159 e. The largest absolute Gasteiger partial charge is 0.507 e. The molecule has 2 aromatic heterocycles. The SMILES string of the molecule is CN1CCN(c2ccc3nc(-c4n[nH]c5cccc(O)c45)[nH]c3c2)CC1. The number of imidazole rings is 1. The fourth-order valence-electron chi connectivity index (χ4n) is 3.60. The predicted octanol–water partition coefficient (Wildman–Crippen LogP) is 2.56. The zero-order chi connectivity index (χ0) is 17.7. The number of phenolic OH excluding ortho intramolecular Hbond substituents is 1. The summed E-state index contributed by atoms with van der Waals surface area (Å²) in [5, 5.41) is 18.2. The van der Waals surface area contributed by atoms with Crippen LogP contribution in [0.5, 0.6) is 5.75 Å². The lowest BCUT2D eigenvalue weighted by Gasteiger charge is -2.34. The molecule has 3 heterocycles. The average molecular weight is 348 g/mol. The molecular formula is C19H20N6O. The van der Waals surface area contributed by atoms with Crippen LogP contribution in [0.4, 0.5) is 5.69 Å². The smallest absolute Gasteiger partial charge is 0.159 e. The van der Waals surface area contributed by atoms with Gasteiger partial charge in [-0.1, -0.05) is 6.07 Å². The number of aromatic nitrogens is 4. The van der Waals surface area contributed by atoms with Crippen LogP contribution >= 0.6 is 0 Å². The van der Waals surface area contributed by atoms with Crippen LogP contribution in [0.2, 0.25) is 0 Å². The van der Waals surface area contributed by atoms with E-state index in [0.29, 0.717) is 16.9 Å². The number of benzene rings is 2. The van der Waals surface area contributed by atoms with Gasteiger partial charge < -0.3 is 19.9 Å². The number of phenols is 1. The number of rotatable bonds is 2. The molecule has 5 rings (SSSR count). The summed E-state index contributed by atoms with van der Waals surface area (Å²) >= 11 is 0. The first-order valence-corrected chi connectivity index (χ1v) is 8.79. The zero-order valence-electron chi connectivity index (χ0n) is 14.5. The van der Waals surface area contributed by atoms with Crippen molar-refractivity contribution in [1.82, 2.24) is 25.1 Å². The number of aromatic hydroxyl groups is 1.